The highest BCUT2D eigenvalue weighted by atomic mass is 35.5. The molecule has 84 valence electrons. The van der Waals surface area contributed by atoms with Gasteiger partial charge in [-0.05, 0) is 36.6 Å². The van der Waals surface area contributed by atoms with E-state index < -0.39 is 0 Å². The summed E-state index contributed by atoms with van der Waals surface area (Å²) in [5.41, 5.74) is 6.69. The number of nitrogens with two attached hydrogens (primary N) is 1. The van der Waals surface area contributed by atoms with Crippen LogP contribution >= 0.6 is 11.6 Å². The van der Waals surface area contributed by atoms with Crippen LogP contribution in [-0.4, -0.2) is 12.6 Å². The number of aryl methyl sites for hydroxylation is 1. The lowest BCUT2D eigenvalue weighted by Crippen LogP contribution is -2.31. The summed E-state index contributed by atoms with van der Waals surface area (Å²) in [5.74, 6) is 1.27. The average Bonchev–Trinajstić information content (AvgIpc) is 2.16. The van der Waals surface area contributed by atoms with Crippen LogP contribution < -0.4 is 10.5 Å². The molecule has 0 amide bonds. The summed E-state index contributed by atoms with van der Waals surface area (Å²) in [5, 5.41) is 0.730. The van der Waals surface area contributed by atoms with Crippen LogP contribution in [0.5, 0.6) is 5.75 Å². The van der Waals surface area contributed by atoms with E-state index in [9.17, 15) is 0 Å². The van der Waals surface area contributed by atoms with Gasteiger partial charge in [0, 0.05) is 11.6 Å². The smallest absolute Gasteiger partial charge is 0.122 e. The first-order chi connectivity index (χ1) is 7.04. The number of benzene rings is 1. The molecule has 2 nitrogen and oxygen atoms in total. The van der Waals surface area contributed by atoms with E-state index in [1.54, 1.807) is 0 Å². The summed E-state index contributed by atoms with van der Waals surface area (Å²) < 4.78 is 5.83. The van der Waals surface area contributed by atoms with E-state index in [1.165, 1.54) is 0 Å². The zero-order valence-corrected chi connectivity index (χ0v) is 10.2. The Hall–Kier alpha value is -0.730. The molecule has 0 spiro atoms. The van der Waals surface area contributed by atoms with Crippen molar-refractivity contribution in [1.29, 1.82) is 0 Å². The molecule has 3 heteroatoms. The third-order valence-electron chi connectivity index (χ3n) is 2.39. The van der Waals surface area contributed by atoms with Crippen LogP contribution in [0.15, 0.2) is 18.2 Å². The Kier molecular flexibility index (Phi) is 4.43. The molecule has 0 aliphatic rings. The summed E-state index contributed by atoms with van der Waals surface area (Å²) in [6.45, 7) is 6.71. The van der Waals surface area contributed by atoms with Crippen LogP contribution in [0, 0.1) is 12.8 Å². The second-order valence-corrected chi connectivity index (χ2v) is 4.48. The van der Waals surface area contributed by atoms with Crippen molar-refractivity contribution in [1.82, 2.24) is 0 Å². The zero-order valence-electron chi connectivity index (χ0n) is 9.46. The van der Waals surface area contributed by atoms with Gasteiger partial charge in [0.05, 0.1) is 0 Å². The number of hydrogen-bond donors (Lipinski definition) is 1. The summed E-state index contributed by atoms with van der Waals surface area (Å²) >= 11 is 5.87. The Labute approximate surface area is 96.4 Å². The normalized spacial score (nSPS) is 12.9. The molecule has 0 aliphatic carbocycles. The van der Waals surface area contributed by atoms with Gasteiger partial charge < -0.3 is 10.5 Å². The van der Waals surface area contributed by atoms with Crippen molar-refractivity contribution in [2.75, 3.05) is 6.54 Å². The maximum atomic E-state index is 5.87. The SMILES string of the molecule is Cc1cc(Cl)ccc1OC(CN)C(C)C. The molecule has 0 aromatic heterocycles. The van der Waals surface area contributed by atoms with Crippen molar-refractivity contribution in [2.24, 2.45) is 11.7 Å². The lowest BCUT2D eigenvalue weighted by molar-refractivity contribution is 0.158. The third-order valence-corrected chi connectivity index (χ3v) is 2.63. The maximum absolute atomic E-state index is 5.87. The highest BCUT2D eigenvalue weighted by Crippen LogP contribution is 2.23. The Balaban J connectivity index is 2.79. The summed E-state index contributed by atoms with van der Waals surface area (Å²) in [4.78, 5) is 0. The molecule has 0 bridgehead atoms. The van der Waals surface area contributed by atoms with Gasteiger partial charge in [0.1, 0.15) is 11.9 Å². The number of ether oxygens (including phenoxy) is 1. The van der Waals surface area contributed by atoms with Crippen molar-refractivity contribution in [2.45, 2.75) is 26.9 Å². The van der Waals surface area contributed by atoms with Gasteiger partial charge in [-0.15, -0.1) is 0 Å². The van der Waals surface area contributed by atoms with Gasteiger partial charge >= 0.3 is 0 Å². The van der Waals surface area contributed by atoms with Crippen LogP contribution in [-0.2, 0) is 0 Å². The van der Waals surface area contributed by atoms with Crippen molar-refractivity contribution in [3.8, 4) is 5.75 Å². The van der Waals surface area contributed by atoms with Crippen molar-refractivity contribution in [3.05, 3.63) is 28.8 Å². The van der Waals surface area contributed by atoms with E-state index >= 15 is 0 Å². The molecular formula is C12H18ClNO. The van der Waals surface area contributed by atoms with E-state index in [2.05, 4.69) is 13.8 Å². The average molecular weight is 228 g/mol. The molecule has 0 heterocycles. The number of rotatable bonds is 4. The van der Waals surface area contributed by atoms with Crippen molar-refractivity contribution in [3.63, 3.8) is 0 Å². The second-order valence-electron chi connectivity index (χ2n) is 4.05. The van der Waals surface area contributed by atoms with Gasteiger partial charge in [-0.25, -0.2) is 0 Å². The molecule has 1 aromatic rings. The highest BCUT2D eigenvalue weighted by molar-refractivity contribution is 6.30. The zero-order chi connectivity index (χ0) is 11.4. The number of hydrogen-bond acceptors (Lipinski definition) is 2. The van der Waals surface area contributed by atoms with Crippen LogP contribution in [0.1, 0.15) is 19.4 Å². The van der Waals surface area contributed by atoms with Gasteiger partial charge in [0.25, 0.3) is 0 Å². The van der Waals surface area contributed by atoms with Gasteiger partial charge in [0.15, 0.2) is 0 Å². The molecular weight excluding hydrogens is 210 g/mol. The standard InChI is InChI=1S/C12H18ClNO/c1-8(2)12(7-14)15-11-5-4-10(13)6-9(11)3/h4-6,8,12H,7,14H2,1-3H3. The van der Waals surface area contributed by atoms with Gasteiger partial charge in [-0.2, -0.15) is 0 Å². The minimum atomic E-state index is 0.0601. The Bertz CT molecular complexity index is 325. The Morgan fingerprint density at radius 1 is 1.40 bits per heavy atom. The fraction of sp³-hybridized carbons (Fsp3) is 0.500. The quantitative estimate of drug-likeness (QED) is 0.858. The van der Waals surface area contributed by atoms with Crippen LogP contribution in [0.3, 0.4) is 0 Å². The second kappa shape index (κ2) is 5.38. The van der Waals surface area contributed by atoms with Crippen LogP contribution in [0.25, 0.3) is 0 Å². The molecule has 1 atom stereocenters. The van der Waals surface area contributed by atoms with E-state index in [4.69, 9.17) is 22.1 Å². The molecule has 0 saturated carbocycles. The first-order valence-corrected chi connectivity index (χ1v) is 5.55. The minimum Gasteiger partial charge on any atom is -0.489 e. The largest absolute Gasteiger partial charge is 0.489 e. The Morgan fingerprint density at radius 3 is 2.53 bits per heavy atom. The molecule has 2 N–H and O–H groups in total. The first-order valence-electron chi connectivity index (χ1n) is 5.17. The molecule has 1 unspecified atom stereocenters. The molecule has 1 aromatic carbocycles. The fourth-order valence-electron chi connectivity index (χ4n) is 1.36. The van der Waals surface area contributed by atoms with Crippen LogP contribution in [0.2, 0.25) is 5.02 Å². The molecule has 0 radical (unpaired) electrons. The van der Waals surface area contributed by atoms with E-state index in [0.717, 1.165) is 16.3 Å². The maximum Gasteiger partial charge on any atom is 0.122 e. The molecule has 0 fully saturated rings. The predicted octanol–water partition coefficient (Wildman–Crippen LogP) is 3.01. The molecule has 15 heavy (non-hydrogen) atoms. The Morgan fingerprint density at radius 2 is 2.07 bits per heavy atom. The molecule has 0 saturated heterocycles. The third kappa shape index (κ3) is 3.40. The van der Waals surface area contributed by atoms with Gasteiger partial charge in [-0.3, -0.25) is 0 Å². The van der Waals surface area contributed by atoms with Gasteiger partial charge in [0.2, 0.25) is 0 Å². The van der Waals surface area contributed by atoms with E-state index in [1.807, 2.05) is 25.1 Å². The molecule has 0 aliphatic heterocycles. The molecule has 1 rings (SSSR count). The van der Waals surface area contributed by atoms with Crippen LogP contribution in [0.4, 0.5) is 0 Å². The summed E-state index contributed by atoms with van der Waals surface area (Å²) in [6, 6.07) is 5.62. The predicted molar refractivity (Wildman–Crippen MR) is 64.5 cm³/mol. The first kappa shape index (κ1) is 12.3. The van der Waals surface area contributed by atoms with E-state index in [0.29, 0.717) is 12.5 Å². The monoisotopic (exact) mass is 227 g/mol. The van der Waals surface area contributed by atoms with E-state index in [-0.39, 0.29) is 6.10 Å². The summed E-state index contributed by atoms with van der Waals surface area (Å²) in [6.07, 6.45) is 0.0601. The highest BCUT2D eigenvalue weighted by Gasteiger charge is 2.14. The van der Waals surface area contributed by atoms with Crippen molar-refractivity contribution >= 4 is 11.6 Å². The van der Waals surface area contributed by atoms with Crippen molar-refractivity contribution < 1.29 is 4.74 Å². The van der Waals surface area contributed by atoms with Gasteiger partial charge in [-0.1, -0.05) is 25.4 Å². The number of halogens is 1. The fourth-order valence-corrected chi connectivity index (χ4v) is 1.59. The lowest BCUT2D eigenvalue weighted by Gasteiger charge is -2.22. The lowest BCUT2D eigenvalue weighted by atomic mass is 10.1. The summed E-state index contributed by atoms with van der Waals surface area (Å²) in [7, 11) is 0. The minimum absolute atomic E-state index is 0.0601. The topological polar surface area (TPSA) is 35.2 Å².